The second kappa shape index (κ2) is 20.8. The van der Waals surface area contributed by atoms with Crippen molar-refractivity contribution in [1.82, 2.24) is 0 Å². The highest BCUT2D eigenvalue weighted by Crippen LogP contribution is 2.14. The summed E-state index contributed by atoms with van der Waals surface area (Å²) in [5.41, 5.74) is 0. The second-order valence-corrected chi connectivity index (χ2v) is 4.23. The minimum absolute atomic E-state index is 0.825. The molecule has 0 spiro atoms. The largest absolute Gasteiger partial charge is 0.0848 e. The molecule has 0 rings (SSSR count). The maximum absolute atomic E-state index is 2.33. The molecule has 0 heteroatoms. The molecule has 0 amide bonds. The van der Waals surface area contributed by atoms with Crippen molar-refractivity contribution in [2.45, 2.75) is 74.7 Å². The van der Waals surface area contributed by atoms with Gasteiger partial charge in [0.25, 0.3) is 0 Å². The van der Waals surface area contributed by atoms with Gasteiger partial charge in [0.05, 0.1) is 0 Å². The zero-order valence-corrected chi connectivity index (χ0v) is 13.6. The predicted octanol–water partition coefficient (Wildman–Crippen LogP) is 6.63. The van der Waals surface area contributed by atoms with Crippen molar-refractivity contribution in [1.29, 1.82) is 0 Å². The van der Waals surface area contributed by atoms with Crippen molar-refractivity contribution in [2.75, 3.05) is 0 Å². The van der Waals surface area contributed by atoms with Crippen LogP contribution in [0, 0.1) is 11.8 Å². The molecule has 0 N–H and O–H groups in total. The standard InChI is InChI=1S/C13H24.2C2H6/c1-5-6-7-8-9-10-13(4)11-12(2)3;2*1-2/h6-9,12-13H,5,10-11H2,1-4H3;2*1-2H3/b7-6+,9-8+;;. The molecular formula is C17H36. The molecule has 0 aromatic rings. The summed E-state index contributed by atoms with van der Waals surface area (Å²) in [5, 5.41) is 0. The first-order valence-electron chi connectivity index (χ1n) is 7.48. The van der Waals surface area contributed by atoms with Crippen LogP contribution in [-0.4, -0.2) is 0 Å². The SMILES string of the molecule is CC.CC.CC/C=C/C=C/CC(C)CC(C)C. The van der Waals surface area contributed by atoms with Crippen LogP contribution in [0.15, 0.2) is 24.3 Å². The highest BCUT2D eigenvalue weighted by Gasteiger charge is 2.01. The Labute approximate surface area is 111 Å². The lowest BCUT2D eigenvalue weighted by Gasteiger charge is -2.10. The van der Waals surface area contributed by atoms with E-state index >= 15 is 0 Å². The third-order valence-electron chi connectivity index (χ3n) is 2.03. The molecule has 1 unspecified atom stereocenters. The Morgan fingerprint density at radius 2 is 1.29 bits per heavy atom. The maximum Gasteiger partial charge on any atom is -0.0322 e. The van der Waals surface area contributed by atoms with E-state index in [1.165, 1.54) is 12.8 Å². The number of allylic oxidation sites excluding steroid dienone is 4. The van der Waals surface area contributed by atoms with E-state index in [0.29, 0.717) is 0 Å². The molecule has 0 nitrogen and oxygen atoms in total. The Balaban J connectivity index is -0.000000439. The number of hydrogen-bond donors (Lipinski definition) is 0. The molecule has 0 fully saturated rings. The summed E-state index contributed by atoms with van der Waals surface area (Å²) >= 11 is 0. The van der Waals surface area contributed by atoms with Crippen LogP contribution in [0.5, 0.6) is 0 Å². The lowest BCUT2D eigenvalue weighted by atomic mass is 9.96. The zero-order chi connectivity index (χ0) is 14.1. The molecule has 0 saturated carbocycles. The smallest absolute Gasteiger partial charge is 0.0322 e. The molecule has 0 aliphatic heterocycles. The van der Waals surface area contributed by atoms with Crippen molar-refractivity contribution < 1.29 is 0 Å². The third-order valence-corrected chi connectivity index (χ3v) is 2.03. The van der Waals surface area contributed by atoms with Gasteiger partial charge in [0.1, 0.15) is 0 Å². The lowest BCUT2D eigenvalue weighted by Crippen LogP contribution is -1.98. The van der Waals surface area contributed by atoms with Crippen LogP contribution in [0.25, 0.3) is 0 Å². The lowest BCUT2D eigenvalue weighted by molar-refractivity contribution is 0.443. The second-order valence-electron chi connectivity index (χ2n) is 4.23. The van der Waals surface area contributed by atoms with E-state index < -0.39 is 0 Å². The molecular weight excluding hydrogens is 204 g/mol. The van der Waals surface area contributed by atoms with Crippen molar-refractivity contribution in [3.05, 3.63) is 24.3 Å². The third kappa shape index (κ3) is 25.6. The normalized spacial score (nSPS) is 12.1. The summed E-state index contributed by atoms with van der Waals surface area (Å²) in [6, 6.07) is 0. The summed E-state index contributed by atoms with van der Waals surface area (Å²) in [4.78, 5) is 0. The molecule has 104 valence electrons. The topological polar surface area (TPSA) is 0 Å². The van der Waals surface area contributed by atoms with Crippen LogP contribution in [0.1, 0.15) is 74.7 Å². The van der Waals surface area contributed by atoms with Crippen molar-refractivity contribution in [3.8, 4) is 0 Å². The Hall–Kier alpha value is -0.520. The van der Waals surface area contributed by atoms with E-state index in [0.717, 1.165) is 18.3 Å². The summed E-state index contributed by atoms with van der Waals surface area (Å²) < 4.78 is 0. The fourth-order valence-corrected chi connectivity index (χ4v) is 1.51. The number of rotatable bonds is 6. The molecule has 0 aliphatic rings. The monoisotopic (exact) mass is 240 g/mol. The summed E-state index contributed by atoms with van der Waals surface area (Å²) in [6.45, 7) is 17.1. The van der Waals surface area contributed by atoms with Gasteiger partial charge in [0.2, 0.25) is 0 Å². The average Bonchev–Trinajstić information content (AvgIpc) is 2.33. The van der Waals surface area contributed by atoms with E-state index in [-0.39, 0.29) is 0 Å². The Bertz CT molecular complexity index is 151. The van der Waals surface area contributed by atoms with Crippen LogP contribution in [0.4, 0.5) is 0 Å². The molecule has 0 bridgehead atoms. The highest BCUT2D eigenvalue weighted by molar-refractivity contribution is 5.02. The fraction of sp³-hybridized carbons (Fsp3) is 0.765. The minimum atomic E-state index is 0.825. The first-order valence-corrected chi connectivity index (χ1v) is 7.48. The van der Waals surface area contributed by atoms with Crippen LogP contribution in [0.3, 0.4) is 0 Å². The van der Waals surface area contributed by atoms with Crippen LogP contribution >= 0.6 is 0 Å². The Kier molecular flexibility index (Phi) is 26.6. The first-order chi connectivity index (χ1) is 8.16. The van der Waals surface area contributed by atoms with Crippen LogP contribution < -0.4 is 0 Å². The van der Waals surface area contributed by atoms with Gasteiger partial charge in [-0.3, -0.25) is 0 Å². The van der Waals surface area contributed by atoms with Crippen molar-refractivity contribution in [2.24, 2.45) is 11.8 Å². The molecule has 0 radical (unpaired) electrons. The van der Waals surface area contributed by atoms with E-state index in [2.05, 4.69) is 52.0 Å². The molecule has 1 atom stereocenters. The average molecular weight is 240 g/mol. The van der Waals surface area contributed by atoms with Gasteiger partial charge < -0.3 is 0 Å². The molecule has 0 aliphatic carbocycles. The van der Waals surface area contributed by atoms with Gasteiger partial charge in [-0.05, 0) is 31.1 Å². The van der Waals surface area contributed by atoms with Gasteiger partial charge in [-0.2, -0.15) is 0 Å². The van der Waals surface area contributed by atoms with Gasteiger partial charge in [0.15, 0.2) is 0 Å². The van der Waals surface area contributed by atoms with E-state index in [9.17, 15) is 0 Å². The van der Waals surface area contributed by atoms with Gasteiger partial charge in [0, 0.05) is 0 Å². The molecule has 17 heavy (non-hydrogen) atoms. The summed E-state index contributed by atoms with van der Waals surface area (Å²) in [5.74, 6) is 1.65. The van der Waals surface area contributed by atoms with Gasteiger partial charge in [-0.15, -0.1) is 0 Å². The van der Waals surface area contributed by atoms with E-state index in [1.807, 2.05) is 27.7 Å². The van der Waals surface area contributed by atoms with E-state index in [4.69, 9.17) is 0 Å². The Morgan fingerprint density at radius 3 is 1.71 bits per heavy atom. The quantitative estimate of drug-likeness (QED) is 0.457. The molecule has 0 aromatic carbocycles. The van der Waals surface area contributed by atoms with E-state index in [1.54, 1.807) is 0 Å². The molecule has 0 saturated heterocycles. The van der Waals surface area contributed by atoms with Crippen LogP contribution in [-0.2, 0) is 0 Å². The van der Waals surface area contributed by atoms with Crippen LogP contribution in [0.2, 0.25) is 0 Å². The van der Waals surface area contributed by atoms with Crippen molar-refractivity contribution >= 4 is 0 Å². The van der Waals surface area contributed by atoms with Gasteiger partial charge >= 0.3 is 0 Å². The maximum atomic E-state index is 2.33. The zero-order valence-electron chi connectivity index (χ0n) is 13.6. The predicted molar refractivity (Wildman–Crippen MR) is 84.5 cm³/mol. The van der Waals surface area contributed by atoms with Gasteiger partial charge in [-0.25, -0.2) is 0 Å². The molecule has 0 heterocycles. The minimum Gasteiger partial charge on any atom is -0.0848 e. The fourth-order valence-electron chi connectivity index (χ4n) is 1.51. The summed E-state index contributed by atoms with van der Waals surface area (Å²) in [7, 11) is 0. The highest BCUT2D eigenvalue weighted by atomic mass is 14.1. The Morgan fingerprint density at radius 1 is 0.824 bits per heavy atom. The molecule has 0 aromatic heterocycles. The first kappa shape index (κ1) is 21.7. The van der Waals surface area contributed by atoms with Crippen molar-refractivity contribution in [3.63, 3.8) is 0 Å². The van der Waals surface area contributed by atoms with Gasteiger partial charge in [-0.1, -0.05) is 79.7 Å². The summed E-state index contributed by atoms with van der Waals surface area (Å²) in [6.07, 6.45) is 12.4. The number of hydrogen-bond acceptors (Lipinski definition) is 0.